The molecule has 0 bridgehead atoms. The molecule has 6 nitrogen and oxygen atoms in total. The van der Waals surface area contributed by atoms with E-state index >= 15 is 0 Å². The van der Waals surface area contributed by atoms with Crippen LogP contribution in [0.4, 0.5) is 4.79 Å². The Kier molecular flexibility index (Phi) is 6.65. The van der Waals surface area contributed by atoms with Crippen molar-refractivity contribution in [2.24, 2.45) is 5.92 Å². The number of ether oxygens (including phenoxy) is 1. The molecule has 1 saturated carbocycles. The smallest absolute Gasteiger partial charge is 0.325 e. The maximum Gasteiger partial charge on any atom is 0.325 e. The van der Waals surface area contributed by atoms with Crippen LogP contribution in [0, 0.1) is 5.92 Å². The van der Waals surface area contributed by atoms with Gasteiger partial charge < -0.3 is 20.2 Å². The lowest BCUT2D eigenvalue weighted by atomic mass is 9.84. The third-order valence-electron chi connectivity index (χ3n) is 3.42. The molecular formula is C15H26N2O4. The molecule has 21 heavy (non-hydrogen) atoms. The summed E-state index contributed by atoms with van der Waals surface area (Å²) in [5.74, 6) is -0.304. The van der Waals surface area contributed by atoms with Crippen molar-refractivity contribution in [3.05, 3.63) is 0 Å². The minimum Gasteiger partial charge on any atom is -0.459 e. The summed E-state index contributed by atoms with van der Waals surface area (Å²) in [7, 11) is 0. The summed E-state index contributed by atoms with van der Waals surface area (Å²) in [6.45, 7) is 5.07. The number of aldehydes is 1. The number of carbonyl (C=O) groups excluding carboxylic acids is 3. The van der Waals surface area contributed by atoms with Gasteiger partial charge in [-0.05, 0) is 39.5 Å². The van der Waals surface area contributed by atoms with Gasteiger partial charge in [0.1, 0.15) is 18.4 Å². The highest BCUT2D eigenvalue weighted by molar-refractivity contribution is 5.82. The molecule has 0 radical (unpaired) electrons. The molecule has 2 amide bonds. The maximum absolute atomic E-state index is 11.7. The quantitative estimate of drug-likeness (QED) is 0.598. The molecule has 1 aliphatic carbocycles. The average Bonchev–Trinajstić information content (AvgIpc) is 2.41. The zero-order valence-electron chi connectivity index (χ0n) is 13.1. The van der Waals surface area contributed by atoms with E-state index in [-0.39, 0.29) is 12.5 Å². The fourth-order valence-corrected chi connectivity index (χ4v) is 2.49. The van der Waals surface area contributed by atoms with E-state index in [0.717, 1.165) is 32.0 Å². The molecule has 6 heteroatoms. The molecule has 0 spiro atoms. The summed E-state index contributed by atoms with van der Waals surface area (Å²) in [5, 5.41) is 5.05. The van der Waals surface area contributed by atoms with E-state index in [2.05, 4.69) is 10.6 Å². The van der Waals surface area contributed by atoms with Crippen molar-refractivity contribution in [2.45, 2.75) is 64.5 Å². The first-order chi connectivity index (χ1) is 9.81. The van der Waals surface area contributed by atoms with Gasteiger partial charge in [-0.3, -0.25) is 4.79 Å². The van der Waals surface area contributed by atoms with Gasteiger partial charge >= 0.3 is 12.0 Å². The Morgan fingerprint density at radius 3 is 2.38 bits per heavy atom. The Balaban J connectivity index is 2.34. The maximum atomic E-state index is 11.7. The second kappa shape index (κ2) is 8.00. The molecule has 0 aromatic carbocycles. The summed E-state index contributed by atoms with van der Waals surface area (Å²) < 4.78 is 5.08. The Morgan fingerprint density at radius 1 is 1.24 bits per heavy atom. The van der Waals surface area contributed by atoms with Crippen LogP contribution >= 0.6 is 0 Å². The zero-order valence-corrected chi connectivity index (χ0v) is 13.1. The third kappa shape index (κ3) is 7.11. The van der Waals surface area contributed by atoms with Gasteiger partial charge in [0.2, 0.25) is 0 Å². The van der Waals surface area contributed by atoms with Crippen molar-refractivity contribution < 1.29 is 19.1 Å². The van der Waals surface area contributed by atoms with Crippen LogP contribution in [-0.2, 0) is 14.3 Å². The highest BCUT2D eigenvalue weighted by atomic mass is 16.6. The fourth-order valence-electron chi connectivity index (χ4n) is 2.49. The molecule has 120 valence electrons. The lowest BCUT2D eigenvalue weighted by Crippen LogP contribution is -2.48. The van der Waals surface area contributed by atoms with E-state index in [0.29, 0.717) is 0 Å². The fraction of sp³-hybridized carbons (Fsp3) is 0.800. The lowest BCUT2D eigenvalue weighted by Gasteiger charge is -2.27. The molecular weight excluding hydrogens is 272 g/mol. The van der Waals surface area contributed by atoms with Crippen LogP contribution in [0.1, 0.15) is 52.9 Å². The first kappa shape index (κ1) is 17.5. The van der Waals surface area contributed by atoms with Crippen LogP contribution in [0.25, 0.3) is 0 Å². The summed E-state index contributed by atoms with van der Waals surface area (Å²) >= 11 is 0. The molecule has 1 rings (SSSR count). The Bertz CT molecular complexity index is 370. The predicted octanol–water partition coefficient (Wildman–Crippen LogP) is 1.78. The topological polar surface area (TPSA) is 84.5 Å². The standard InChI is InChI=1S/C15H26N2O4/c1-15(2,3)21-13(19)9-16-14(20)17-12(10-18)11-7-5-4-6-8-11/h10-12H,4-9H2,1-3H3,(H2,16,17,20). The summed E-state index contributed by atoms with van der Waals surface area (Å²) in [6, 6.07) is -0.993. The largest absolute Gasteiger partial charge is 0.459 e. The number of esters is 1. The number of urea groups is 1. The molecule has 0 aliphatic heterocycles. The van der Waals surface area contributed by atoms with Crippen molar-refractivity contribution in [2.75, 3.05) is 6.54 Å². The SMILES string of the molecule is CC(C)(C)OC(=O)CNC(=O)NC(C=O)C1CCCCC1. The van der Waals surface area contributed by atoms with Gasteiger partial charge in [-0.25, -0.2) is 4.79 Å². The predicted molar refractivity (Wildman–Crippen MR) is 78.8 cm³/mol. The number of nitrogens with one attached hydrogen (secondary N) is 2. The number of carbonyl (C=O) groups is 3. The summed E-state index contributed by atoms with van der Waals surface area (Å²) in [4.78, 5) is 34.4. The minimum atomic E-state index is -0.581. The number of hydrogen-bond acceptors (Lipinski definition) is 4. The first-order valence-corrected chi connectivity index (χ1v) is 7.53. The van der Waals surface area contributed by atoms with E-state index in [4.69, 9.17) is 4.74 Å². The Hall–Kier alpha value is -1.59. The van der Waals surface area contributed by atoms with E-state index in [9.17, 15) is 14.4 Å². The van der Waals surface area contributed by atoms with E-state index in [1.54, 1.807) is 20.8 Å². The number of rotatable bonds is 5. The zero-order chi connectivity index (χ0) is 15.9. The summed E-state index contributed by atoms with van der Waals surface area (Å²) in [6.07, 6.45) is 6.06. The van der Waals surface area contributed by atoms with Crippen LogP contribution in [0.3, 0.4) is 0 Å². The van der Waals surface area contributed by atoms with Crippen molar-refractivity contribution in [1.82, 2.24) is 10.6 Å². The van der Waals surface area contributed by atoms with Gasteiger partial charge in [0.05, 0.1) is 6.04 Å². The van der Waals surface area contributed by atoms with Crippen LogP contribution in [-0.4, -0.2) is 36.5 Å². The number of amides is 2. The molecule has 1 atom stereocenters. The molecule has 2 N–H and O–H groups in total. The third-order valence-corrected chi connectivity index (χ3v) is 3.42. The van der Waals surface area contributed by atoms with Crippen LogP contribution < -0.4 is 10.6 Å². The monoisotopic (exact) mass is 298 g/mol. The van der Waals surface area contributed by atoms with E-state index in [1.807, 2.05) is 0 Å². The normalized spacial score (nSPS) is 17.7. The van der Waals surface area contributed by atoms with Crippen molar-refractivity contribution >= 4 is 18.3 Å². The van der Waals surface area contributed by atoms with Gasteiger partial charge in [0, 0.05) is 0 Å². The van der Waals surface area contributed by atoms with Gasteiger partial charge in [-0.1, -0.05) is 19.3 Å². The second-order valence-electron chi connectivity index (χ2n) is 6.47. The first-order valence-electron chi connectivity index (χ1n) is 7.53. The van der Waals surface area contributed by atoms with E-state index < -0.39 is 23.6 Å². The van der Waals surface area contributed by atoms with Gasteiger partial charge in [0.25, 0.3) is 0 Å². The van der Waals surface area contributed by atoms with E-state index in [1.165, 1.54) is 6.42 Å². The van der Waals surface area contributed by atoms with Crippen LogP contribution in [0.15, 0.2) is 0 Å². The molecule has 1 unspecified atom stereocenters. The Morgan fingerprint density at radius 2 is 1.86 bits per heavy atom. The van der Waals surface area contributed by atoms with Crippen LogP contribution in [0.2, 0.25) is 0 Å². The van der Waals surface area contributed by atoms with Crippen molar-refractivity contribution in [3.63, 3.8) is 0 Å². The lowest BCUT2D eigenvalue weighted by molar-refractivity contribution is -0.153. The van der Waals surface area contributed by atoms with Gasteiger partial charge in [-0.15, -0.1) is 0 Å². The van der Waals surface area contributed by atoms with Crippen molar-refractivity contribution in [3.8, 4) is 0 Å². The second-order valence-corrected chi connectivity index (χ2v) is 6.47. The number of hydrogen-bond donors (Lipinski definition) is 2. The molecule has 0 aromatic rings. The molecule has 0 saturated heterocycles. The van der Waals surface area contributed by atoms with Gasteiger partial charge in [0.15, 0.2) is 0 Å². The summed E-state index contributed by atoms with van der Waals surface area (Å²) in [5.41, 5.74) is -0.581. The Labute approximate surface area is 126 Å². The minimum absolute atomic E-state index is 0.198. The molecule has 0 heterocycles. The highest BCUT2D eigenvalue weighted by Gasteiger charge is 2.25. The molecule has 0 aromatic heterocycles. The highest BCUT2D eigenvalue weighted by Crippen LogP contribution is 2.25. The van der Waals surface area contributed by atoms with Gasteiger partial charge in [-0.2, -0.15) is 0 Å². The average molecular weight is 298 g/mol. The molecule has 1 aliphatic rings. The van der Waals surface area contributed by atoms with Crippen molar-refractivity contribution in [1.29, 1.82) is 0 Å². The molecule has 1 fully saturated rings. The van der Waals surface area contributed by atoms with Crippen LogP contribution in [0.5, 0.6) is 0 Å².